The van der Waals surface area contributed by atoms with Crippen molar-refractivity contribution in [2.75, 3.05) is 30.5 Å². The standard InChI is InChI=1S/C24H28N4O5S/c1-33-22-13-11-19(34(31,32)27-15-7-2-3-8-16-27)17-21(22)25-24(30)20-12-14-23(29)28(26-20)18-9-5-4-6-10-18/h4-6,9-11,13,17H,2-3,7-8,12,14-16H2,1H3,(H,25,30). The van der Waals surface area contributed by atoms with E-state index in [-0.39, 0.29) is 35.0 Å². The van der Waals surface area contributed by atoms with Crippen LogP contribution in [0.3, 0.4) is 0 Å². The van der Waals surface area contributed by atoms with E-state index in [1.807, 2.05) is 6.07 Å². The summed E-state index contributed by atoms with van der Waals surface area (Å²) in [5, 5.41) is 8.21. The highest BCUT2D eigenvalue weighted by atomic mass is 32.2. The Kier molecular flexibility index (Phi) is 7.28. The number of methoxy groups -OCH3 is 1. The van der Waals surface area contributed by atoms with Crippen LogP contribution in [0, 0.1) is 0 Å². The molecule has 2 aliphatic heterocycles. The van der Waals surface area contributed by atoms with Gasteiger partial charge >= 0.3 is 0 Å². The highest BCUT2D eigenvalue weighted by molar-refractivity contribution is 7.89. The van der Waals surface area contributed by atoms with E-state index in [2.05, 4.69) is 10.4 Å². The number of amides is 2. The van der Waals surface area contributed by atoms with Crippen molar-refractivity contribution in [3.8, 4) is 5.75 Å². The minimum atomic E-state index is -3.70. The van der Waals surface area contributed by atoms with Gasteiger partial charge in [-0.3, -0.25) is 9.59 Å². The summed E-state index contributed by atoms with van der Waals surface area (Å²) < 4.78 is 33.3. The van der Waals surface area contributed by atoms with E-state index in [1.54, 1.807) is 24.3 Å². The molecule has 0 aliphatic carbocycles. The molecule has 180 valence electrons. The summed E-state index contributed by atoms with van der Waals surface area (Å²) in [6.45, 7) is 0.965. The van der Waals surface area contributed by atoms with Crippen molar-refractivity contribution in [1.82, 2.24) is 4.31 Å². The third kappa shape index (κ3) is 5.13. The predicted molar refractivity (Wildman–Crippen MR) is 129 cm³/mol. The zero-order valence-corrected chi connectivity index (χ0v) is 19.9. The summed E-state index contributed by atoms with van der Waals surface area (Å²) in [6, 6.07) is 13.3. The Morgan fingerprint density at radius 1 is 1.00 bits per heavy atom. The largest absolute Gasteiger partial charge is 0.495 e. The molecule has 2 heterocycles. The molecular weight excluding hydrogens is 456 g/mol. The van der Waals surface area contributed by atoms with Gasteiger partial charge in [-0.25, -0.2) is 13.4 Å². The lowest BCUT2D eigenvalue weighted by Crippen LogP contribution is -2.36. The van der Waals surface area contributed by atoms with Crippen molar-refractivity contribution in [2.24, 2.45) is 5.10 Å². The fourth-order valence-corrected chi connectivity index (χ4v) is 5.60. The number of hydrogen-bond acceptors (Lipinski definition) is 6. The third-order valence-corrected chi connectivity index (χ3v) is 7.81. The van der Waals surface area contributed by atoms with Gasteiger partial charge in [-0.05, 0) is 43.2 Å². The number of hydrogen-bond donors (Lipinski definition) is 1. The van der Waals surface area contributed by atoms with Crippen LogP contribution in [-0.2, 0) is 19.6 Å². The van der Waals surface area contributed by atoms with Gasteiger partial charge in [0.25, 0.3) is 5.91 Å². The Labute approximate surface area is 199 Å². The first-order valence-corrected chi connectivity index (χ1v) is 12.8. The number of hydrazone groups is 1. The molecule has 9 nitrogen and oxygen atoms in total. The molecule has 1 saturated heterocycles. The van der Waals surface area contributed by atoms with Crippen molar-refractivity contribution in [3.05, 3.63) is 48.5 Å². The first-order chi connectivity index (χ1) is 16.4. The van der Waals surface area contributed by atoms with Gasteiger partial charge in [0.2, 0.25) is 15.9 Å². The van der Waals surface area contributed by atoms with Gasteiger partial charge < -0.3 is 10.1 Å². The number of carbonyl (C=O) groups is 2. The number of para-hydroxylation sites is 1. The maximum Gasteiger partial charge on any atom is 0.271 e. The normalized spacial score (nSPS) is 17.6. The number of nitrogens with zero attached hydrogens (tertiary/aromatic N) is 3. The summed E-state index contributed by atoms with van der Waals surface area (Å²) in [7, 11) is -2.26. The van der Waals surface area contributed by atoms with Crippen LogP contribution in [0.4, 0.5) is 11.4 Å². The monoisotopic (exact) mass is 484 g/mol. The Balaban J connectivity index is 1.59. The lowest BCUT2D eigenvalue weighted by Gasteiger charge is -2.23. The summed E-state index contributed by atoms with van der Waals surface area (Å²) in [6.07, 6.45) is 4.01. The Morgan fingerprint density at radius 3 is 2.38 bits per heavy atom. The maximum atomic E-state index is 13.2. The molecule has 2 aliphatic rings. The quantitative estimate of drug-likeness (QED) is 0.676. The summed E-state index contributed by atoms with van der Waals surface area (Å²) in [5.74, 6) is -0.391. The average molecular weight is 485 g/mol. The second-order valence-corrected chi connectivity index (χ2v) is 10.2. The molecule has 0 spiro atoms. The molecule has 0 saturated carbocycles. The maximum absolute atomic E-state index is 13.2. The molecular formula is C24H28N4O5S. The van der Waals surface area contributed by atoms with Crippen molar-refractivity contribution in [1.29, 1.82) is 0 Å². The van der Waals surface area contributed by atoms with E-state index in [4.69, 9.17) is 4.74 Å². The third-order valence-electron chi connectivity index (χ3n) is 5.92. The highest BCUT2D eigenvalue weighted by Gasteiger charge is 2.28. The Morgan fingerprint density at radius 2 is 1.71 bits per heavy atom. The Bertz CT molecular complexity index is 1190. The molecule has 0 atom stereocenters. The topological polar surface area (TPSA) is 108 Å². The first kappa shape index (κ1) is 23.9. The van der Waals surface area contributed by atoms with Gasteiger partial charge in [-0.2, -0.15) is 9.41 Å². The Hall–Kier alpha value is -3.24. The first-order valence-electron chi connectivity index (χ1n) is 11.3. The van der Waals surface area contributed by atoms with Crippen LogP contribution in [0.15, 0.2) is 58.5 Å². The molecule has 1 N–H and O–H groups in total. The highest BCUT2D eigenvalue weighted by Crippen LogP contribution is 2.30. The molecule has 0 aromatic heterocycles. The second kappa shape index (κ2) is 10.4. The molecule has 4 rings (SSSR count). The van der Waals surface area contributed by atoms with Crippen LogP contribution in [0.5, 0.6) is 5.75 Å². The minimum Gasteiger partial charge on any atom is -0.495 e. The van der Waals surface area contributed by atoms with Gasteiger partial charge in [0.1, 0.15) is 11.5 Å². The second-order valence-electron chi connectivity index (χ2n) is 8.22. The van der Waals surface area contributed by atoms with E-state index in [9.17, 15) is 18.0 Å². The molecule has 34 heavy (non-hydrogen) atoms. The minimum absolute atomic E-state index is 0.0946. The van der Waals surface area contributed by atoms with Crippen molar-refractivity contribution in [2.45, 2.75) is 43.4 Å². The van der Waals surface area contributed by atoms with Crippen LogP contribution in [0.1, 0.15) is 38.5 Å². The number of sulfonamides is 1. The van der Waals surface area contributed by atoms with Crippen LogP contribution >= 0.6 is 0 Å². The SMILES string of the molecule is COc1ccc(S(=O)(=O)N2CCCCCC2)cc1NC(=O)C1=NN(c2ccccc2)C(=O)CC1. The van der Waals surface area contributed by atoms with Crippen molar-refractivity contribution >= 4 is 38.9 Å². The lowest BCUT2D eigenvalue weighted by molar-refractivity contribution is -0.118. The van der Waals surface area contributed by atoms with Crippen molar-refractivity contribution in [3.63, 3.8) is 0 Å². The number of anilines is 2. The molecule has 0 radical (unpaired) electrons. The van der Waals surface area contributed by atoms with Crippen molar-refractivity contribution < 1.29 is 22.7 Å². The zero-order valence-electron chi connectivity index (χ0n) is 19.1. The van der Waals surface area contributed by atoms with E-state index in [0.29, 0.717) is 24.5 Å². The smallest absolute Gasteiger partial charge is 0.271 e. The molecule has 2 aromatic rings. The molecule has 0 bridgehead atoms. The van der Waals surface area contributed by atoms with E-state index < -0.39 is 15.9 Å². The van der Waals surface area contributed by atoms with Gasteiger partial charge in [0.05, 0.1) is 23.4 Å². The van der Waals surface area contributed by atoms with Gasteiger partial charge in [-0.1, -0.05) is 31.0 Å². The number of rotatable bonds is 6. The number of benzene rings is 2. The summed E-state index contributed by atoms with van der Waals surface area (Å²) >= 11 is 0. The summed E-state index contributed by atoms with van der Waals surface area (Å²) in [4.78, 5) is 25.5. The van der Waals surface area contributed by atoms with Crippen LogP contribution in [0.25, 0.3) is 0 Å². The number of carbonyl (C=O) groups excluding carboxylic acids is 2. The zero-order chi connectivity index (χ0) is 24.1. The van der Waals surface area contributed by atoms with E-state index in [0.717, 1.165) is 25.7 Å². The van der Waals surface area contributed by atoms with E-state index in [1.165, 1.54) is 34.6 Å². The lowest BCUT2D eigenvalue weighted by atomic mass is 10.1. The molecule has 2 aromatic carbocycles. The molecule has 2 amide bonds. The fourth-order valence-electron chi connectivity index (χ4n) is 4.06. The molecule has 10 heteroatoms. The van der Waals surface area contributed by atoms with E-state index >= 15 is 0 Å². The number of ether oxygens (including phenoxy) is 1. The van der Waals surface area contributed by atoms with Crippen LogP contribution < -0.4 is 15.1 Å². The number of nitrogens with one attached hydrogen (secondary N) is 1. The predicted octanol–water partition coefficient (Wildman–Crippen LogP) is 3.38. The van der Waals surface area contributed by atoms with Gasteiger partial charge in [0, 0.05) is 25.9 Å². The average Bonchev–Trinajstić information content (AvgIpc) is 3.15. The fraction of sp³-hybridized carbons (Fsp3) is 0.375. The van der Waals surface area contributed by atoms with Gasteiger partial charge in [0.15, 0.2) is 0 Å². The summed E-state index contributed by atoms with van der Waals surface area (Å²) in [5.41, 5.74) is 0.973. The molecule has 1 fully saturated rings. The van der Waals surface area contributed by atoms with Gasteiger partial charge in [-0.15, -0.1) is 0 Å². The van der Waals surface area contributed by atoms with Crippen LogP contribution in [-0.4, -0.2) is 50.4 Å². The molecule has 0 unspecified atom stereocenters. The van der Waals surface area contributed by atoms with Crippen LogP contribution in [0.2, 0.25) is 0 Å².